The van der Waals surface area contributed by atoms with E-state index in [0.717, 1.165) is 18.6 Å². The lowest BCUT2D eigenvalue weighted by molar-refractivity contribution is 0.554. The quantitative estimate of drug-likeness (QED) is 0.683. The zero-order valence-electron chi connectivity index (χ0n) is 11.8. The van der Waals surface area contributed by atoms with Crippen LogP contribution in [0.1, 0.15) is 18.4 Å². The molecule has 0 saturated carbocycles. The lowest BCUT2D eigenvalue weighted by Crippen LogP contribution is -2.26. The van der Waals surface area contributed by atoms with Crippen LogP contribution in [0.4, 0.5) is 4.39 Å². The summed E-state index contributed by atoms with van der Waals surface area (Å²) in [6, 6.07) is 4.17. The molecule has 2 N–H and O–H groups in total. The molecule has 0 amide bonds. The third-order valence-corrected chi connectivity index (χ3v) is 4.93. The van der Waals surface area contributed by atoms with Gasteiger partial charge in [0, 0.05) is 13.1 Å². The highest BCUT2D eigenvalue weighted by molar-refractivity contribution is 7.98. The normalized spacial score (nSPS) is 11.8. The van der Waals surface area contributed by atoms with Gasteiger partial charge in [-0.15, -0.1) is 0 Å². The number of unbranched alkanes of at least 4 members (excludes halogenated alkanes) is 1. The van der Waals surface area contributed by atoms with E-state index in [1.54, 1.807) is 24.9 Å². The van der Waals surface area contributed by atoms with Gasteiger partial charge in [0.25, 0.3) is 0 Å². The van der Waals surface area contributed by atoms with E-state index in [1.165, 1.54) is 12.1 Å². The molecule has 0 aliphatic rings. The van der Waals surface area contributed by atoms with Gasteiger partial charge in [0.1, 0.15) is 10.7 Å². The molecule has 0 bridgehead atoms. The van der Waals surface area contributed by atoms with Crippen molar-refractivity contribution in [2.24, 2.45) is 0 Å². The Morgan fingerprint density at radius 3 is 2.65 bits per heavy atom. The van der Waals surface area contributed by atoms with Crippen LogP contribution in [0.15, 0.2) is 23.1 Å². The number of rotatable bonds is 9. The minimum atomic E-state index is -3.76. The molecule has 0 radical (unpaired) electrons. The first-order chi connectivity index (χ1) is 9.51. The maximum atomic E-state index is 13.8. The van der Waals surface area contributed by atoms with E-state index in [9.17, 15) is 12.8 Å². The fourth-order valence-electron chi connectivity index (χ4n) is 1.73. The summed E-state index contributed by atoms with van der Waals surface area (Å²) < 4.78 is 40.2. The average molecular weight is 320 g/mol. The zero-order valence-corrected chi connectivity index (χ0v) is 13.4. The van der Waals surface area contributed by atoms with E-state index in [1.807, 2.05) is 6.26 Å². The summed E-state index contributed by atoms with van der Waals surface area (Å²) in [7, 11) is -2.01. The second-order valence-electron chi connectivity index (χ2n) is 4.39. The van der Waals surface area contributed by atoms with Gasteiger partial charge in [0.15, 0.2) is 0 Å². The second-order valence-corrected chi connectivity index (χ2v) is 7.11. The minimum Gasteiger partial charge on any atom is -0.316 e. The fourth-order valence-corrected chi connectivity index (χ4v) is 3.36. The first-order valence-corrected chi connectivity index (χ1v) is 9.30. The van der Waals surface area contributed by atoms with Crippen LogP contribution in [0.3, 0.4) is 0 Å². The van der Waals surface area contributed by atoms with Gasteiger partial charge >= 0.3 is 0 Å². The van der Waals surface area contributed by atoms with Crippen LogP contribution < -0.4 is 10.0 Å². The molecule has 0 aliphatic carbocycles. The van der Waals surface area contributed by atoms with E-state index in [-0.39, 0.29) is 4.90 Å². The molecule has 114 valence electrons. The predicted molar refractivity (Wildman–Crippen MR) is 82.0 cm³/mol. The van der Waals surface area contributed by atoms with E-state index < -0.39 is 15.8 Å². The Kier molecular flexibility index (Phi) is 7.50. The summed E-state index contributed by atoms with van der Waals surface area (Å²) in [6.45, 7) is 0.833. The highest BCUT2D eigenvalue weighted by atomic mass is 32.2. The molecule has 1 aromatic rings. The van der Waals surface area contributed by atoms with Crippen molar-refractivity contribution in [3.05, 3.63) is 29.6 Å². The van der Waals surface area contributed by atoms with Gasteiger partial charge in [0.05, 0.1) is 0 Å². The number of nitrogens with one attached hydrogen (secondary N) is 2. The van der Waals surface area contributed by atoms with E-state index in [4.69, 9.17) is 0 Å². The topological polar surface area (TPSA) is 58.2 Å². The van der Waals surface area contributed by atoms with Crippen molar-refractivity contribution in [3.8, 4) is 0 Å². The van der Waals surface area contributed by atoms with Crippen molar-refractivity contribution in [3.63, 3.8) is 0 Å². The summed E-state index contributed by atoms with van der Waals surface area (Å²) >= 11 is 1.72. The molecule has 0 aliphatic heterocycles. The Morgan fingerprint density at radius 2 is 2.05 bits per heavy atom. The van der Waals surface area contributed by atoms with Crippen molar-refractivity contribution in [1.82, 2.24) is 10.0 Å². The molecule has 4 nitrogen and oxygen atoms in total. The Hall–Kier alpha value is -0.630. The molecule has 0 atom stereocenters. The molecular formula is C13H21FN2O2S2. The lowest BCUT2D eigenvalue weighted by Gasteiger charge is -2.09. The third kappa shape index (κ3) is 5.40. The van der Waals surface area contributed by atoms with Crippen molar-refractivity contribution >= 4 is 21.8 Å². The standard InChI is InChI=1S/C13H21FN2O2S2/c1-15-10-11-5-6-13(12(14)9-11)20(17,18)16-7-3-4-8-19-2/h5-6,9,15-16H,3-4,7-8,10H2,1-2H3. The fraction of sp³-hybridized carbons (Fsp3) is 0.538. The molecule has 0 fully saturated rings. The van der Waals surface area contributed by atoms with Crippen LogP contribution in [-0.2, 0) is 16.6 Å². The van der Waals surface area contributed by atoms with Gasteiger partial charge in [-0.25, -0.2) is 17.5 Å². The summed E-state index contributed by atoms with van der Waals surface area (Å²) in [5.41, 5.74) is 0.712. The molecule has 0 saturated heterocycles. The molecule has 7 heteroatoms. The molecule has 0 aromatic heterocycles. The second kappa shape index (κ2) is 8.61. The Morgan fingerprint density at radius 1 is 1.30 bits per heavy atom. The SMILES string of the molecule is CNCc1ccc(S(=O)(=O)NCCCCSC)c(F)c1. The van der Waals surface area contributed by atoms with Crippen LogP contribution in [0.25, 0.3) is 0 Å². The number of sulfonamides is 1. The number of benzene rings is 1. The van der Waals surface area contributed by atoms with Crippen LogP contribution in [0.2, 0.25) is 0 Å². The molecule has 20 heavy (non-hydrogen) atoms. The first kappa shape index (κ1) is 17.4. The zero-order chi connectivity index (χ0) is 15.0. The van der Waals surface area contributed by atoms with Gasteiger partial charge in [-0.05, 0) is 49.6 Å². The Bertz CT molecular complexity index is 521. The van der Waals surface area contributed by atoms with Gasteiger partial charge in [-0.1, -0.05) is 6.07 Å². The van der Waals surface area contributed by atoms with Gasteiger partial charge in [-0.2, -0.15) is 11.8 Å². The van der Waals surface area contributed by atoms with Crippen molar-refractivity contribution in [2.75, 3.05) is 25.6 Å². The summed E-state index contributed by atoms with van der Waals surface area (Å²) in [4.78, 5) is -0.290. The minimum absolute atomic E-state index is 0.290. The lowest BCUT2D eigenvalue weighted by atomic mass is 10.2. The van der Waals surface area contributed by atoms with Crippen molar-refractivity contribution in [1.29, 1.82) is 0 Å². The Labute approximate surface area is 124 Å². The summed E-state index contributed by atoms with van der Waals surface area (Å²) in [5, 5.41) is 2.89. The molecular weight excluding hydrogens is 299 g/mol. The predicted octanol–water partition coefficient (Wildman–Crippen LogP) is 1.97. The largest absolute Gasteiger partial charge is 0.316 e. The maximum absolute atomic E-state index is 13.8. The Balaban J connectivity index is 2.67. The first-order valence-electron chi connectivity index (χ1n) is 6.43. The monoisotopic (exact) mass is 320 g/mol. The summed E-state index contributed by atoms with van der Waals surface area (Å²) in [6.07, 6.45) is 3.69. The van der Waals surface area contributed by atoms with E-state index in [0.29, 0.717) is 18.7 Å². The van der Waals surface area contributed by atoms with Crippen LogP contribution in [-0.4, -0.2) is 34.0 Å². The maximum Gasteiger partial charge on any atom is 0.243 e. The number of hydrogen-bond acceptors (Lipinski definition) is 4. The number of thioether (sulfide) groups is 1. The van der Waals surface area contributed by atoms with Crippen molar-refractivity contribution < 1.29 is 12.8 Å². The van der Waals surface area contributed by atoms with E-state index in [2.05, 4.69) is 10.0 Å². The van der Waals surface area contributed by atoms with Gasteiger partial charge < -0.3 is 5.32 Å². The summed E-state index contributed by atoms with van der Waals surface area (Å²) in [5.74, 6) is 0.281. The highest BCUT2D eigenvalue weighted by Gasteiger charge is 2.18. The molecule has 0 spiro atoms. The number of hydrogen-bond donors (Lipinski definition) is 2. The molecule has 0 heterocycles. The van der Waals surface area contributed by atoms with Crippen LogP contribution in [0.5, 0.6) is 0 Å². The van der Waals surface area contributed by atoms with Crippen molar-refractivity contribution in [2.45, 2.75) is 24.3 Å². The van der Waals surface area contributed by atoms with Crippen LogP contribution in [0, 0.1) is 5.82 Å². The third-order valence-electron chi connectivity index (χ3n) is 2.73. The van der Waals surface area contributed by atoms with Gasteiger partial charge in [0.2, 0.25) is 10.0 Å². The number of halogens is 1. The molecule has 1 rings (SSSR count). The smallest absolute Gasteiger partial charge is 0.243 e. The highest BCUT2D eigenvalue weighted by Crippen LogP contribution is 2.16. The van der Waals surface area contributed by atoms with Gasteiger partial charge in [-0.3, -0.25) is 0 Å². The van der Waals surface area contributed by atoms with Crippen LogP contribution >= 0.6 is 11.8 Å². The molecule has 0 unspecified atom stereocenters. The van der Waals surface area contributed by atoms with E-state index >= 15 is 0 Å². The average Bonchev–Trinajstić information content (AvgIpc) is 2.38. The molecule has 1 aromatic carbocycles.